The van der Waals surface area contributed by atoms with E-state index in [2.05, 4.69) is 31.4 Å². The first kappa shape index (κ1) is 17.5. The molecule has 118 valence electrons. The van der Waals surface area contributed by atoms with Gasteiger partial charge in [0, 0.05) is 24.8 Å². The number of urea groups is 1. The van der Waals surface area contributed by atoms with Crippen LogP contribution < -0.4 is 10.6 Å². The monoisotopic (exact) mass is 291 g/mol. The van der Waals surface area contributed by atoms with E-state index in [0.717, 1.165) is 25.2 Å². The molecule has 0 saturated heterocycles. The molecule has 4 heteroatoms. The SMILES string of the molecule is CCC(C)CN(CC)C(=O)Nc1ccc(C(C)NC)cc1. The molecule has 2 atom stereocenters. The molecule has 0 aliphatic rings. The van der Waals surface area contributed by atoms with Crippen molar-refractivity contribution in [1.29, 1.82) is 0 Å². The van der Waals surface area contributed by atoms with Gasteiger partial charge in [0.2, 0.25) is 0 Å². The molecular weight excluding hydrogens is 262 g/mol. The summed E-state index contributed by atoms with van der Waals surface area (Å²) in [7, 11) is 1.94. The lowest BCUT2D eigenvalue weighted by Crippen LogP contribution is -2.37. The molecule has 2 unspecified atom stereocenters. The van der Waals surface area contributed by atoms with Gasteiger partial charge in [0.15, 0.2) is 0 Å². The molecule has 0 radical (unpaired) electrons. The van der Waals surface area contributed by atoms with Crippen LogP contribution in [-0.2, 0) is 0 Å². The molecule has 1 rings (SSSR count). The number of anilines is 1. The van der Waals surface area contributed by atoms with Gasteiger partial charge >= 0.3 is 6.03 Å². The van der Waals surface area contributed by atoms with E-state index >= 15 is 0 Å². The van der Waals surface area contributed by atoms with Crippen LogP contribution in [0.15, 0.2) is 24.3 Å². The third-order valence-corrected chi connectivity index (χ3v) is 3.99. The molecule has 0 aromatic heterocycles. The van der Waals surface area contributed by atoms with Gasteiger partial charge < -0.3 is 15.5 Å². The van der Waals surface area contributed by atoms with Crippen molar-refractivity contribution in [2.75, 3.05) is 25.5 Å². The van der Waals surface area contributed by atoms with Gasteiger partial charge in [-0.15, -0.1) is 0 Å². The van der Waals surface area contributed by atoms with E-state index in [9.17, 15) is 4.79 Å². The molecule has 0 spiro atoms. The third kappa shape index (κ3) is 5.38. The maximum atomic E-state index is 12.3. The summed E-state index contributed by atoms with van der Waals surface area (Å²) in [6.07, 6.45) is 1.08. The quantitative estimate of drug-likeness (QED) is 0.801. The Kier molecular flexibility index (Phi) is 7.23. The molecule has 0 heterocycles. The maximum absolute atomic E-state index is 12.3. The van der Waals surface area contributed by atoms with E-state index in [1.54, 1.807) is 0 Å². The van der Waals surface area contributed by atoms with Crippen molar-refractivity contribution in [2.45, 2.75) is 40.2 Å². The fourth-order valence-corrected chi connectivity index (χ4v) is 2.09. The molecule has 0 bridgehead atoms. The number of nitrogens with zero attached hydrogens (tertiary/aromatic N) is 1. The number of amides is 2. The Bertz CT molecular complexity index is 430. The van der Waals surface area contributed by atoms with Gasteiger partial charge in [0.1, 0.15) is 0 Å². The van der Waals surface area contributed by atoms with Crippen LogP contribution in [-0.4, -0.2) is 31.1 Å². The lowest BCUT2D eigenvalue weighted by atomic mass is 10.1. The van der Waals surface area contributed by atoms with Crippen LogP contribution in [0, 0.1) is 5.92 Å². The minimum Gasteiger partial charge on any atom is -0.325 e. The molecule has 0 saturated carbocycles. The topological polar surface area (TPSA) is 44.4 Å². The van der Waals surface area contributed by atoms with Crippen LogP contribution in [0.4, 0.5) is 10.5 Å². The zero-order chi connectivity index (χ0) is 15.8. The minimum atomic E-state index is -0.0211. The second kappa shape index (κ2) is 8.67. The Balaban J connectivity index is 2.64. The first-order valence-electron chi connectivity index (χ1n) is 7.84. The summed E-state index contributed by atoms with van der Waals surface area (Å²) in [6, 6.07) is 8.29. The van der Waals surface area contributed by atoms with E-state index in [1.807, 2.05) is 43.1 Å². The summed E-state index contributed by atoms with van der Waals surface area (Å²) in [4.78, 5) is 14.1. The molecule has 4 nitrogen and oxygen atoms in total. The number of rotatable bonds is 7. The Labute approximate surface area is 128 Å². The highest BCUT2D eigenvalue weighted by atomic mass is 16.2. The number of hydrogen-bond acceptors (Lipinski definition) is 2. The van der Waals surface area contributed by atoms with Crippen LogP contribution in [0.3, 0.4) is 0 Å². The standard InChI is InChI=1S/C17H29N3O/c1-6-13(3)12-20(7-2)17(21)19-16-10-8-15(9-11-16)14(4)18-5/h8-11,13-14,18H,6-7,12H2,1-5H3,(H,19,21). The van der Waals surface area contributed by atoms with Crippen molar-refractivity contribution < 1.29 is 4.79 Å². The Morgan fingerprint density at radius 3 is 2.29 bits per heavy atom. The van der Waals surface area contributed by atoms with Crippen molar-refractivity contribution in [2.24, 2.45) is 5.92 Å². The normalized spacial score (nSPS) is 13.6. The highest BCUT2D eigenvalue weighted by Gasteiger charge is 2.14. The minimum absolute atomic E-state index is 0.0211. The Morgan fingerprint density at radius 2 is 1.81 bits per heavy atom. The smallest absolute Gasteiger partial charge is 0.321 e. The average Bonchev–Trinajstić information content (AvgIpc) is 2.52. The molecule has 1 aromatic carbocycles. The zero-order valence-corrected chi connectivity index (χ0v) is 13.9. The Morgan fingerprint density at radius 1 is 1.19 bits per heavy atom. The number of nitrogens with one attached hydrogen (secondary N) is 2. The van der Waals surface area contributed by atoms with Crippen molar-refractivity contribution in [3.63, 3.8) is 0 Å². The van der Waals surface area contributed by atoms with Gasteiger partial charge in [0.25, 0.3) is 0 Å². The molecule has 1 aromatic rings. The number of carbonyl (C=O) groups excluding carboxylic acids is 1. The van der Waals surface area contributed by atoms with E-state index in [1.165, 1.54) is 5.56 Å². The molecule has 0 aliphatic heterocycles. The third-order valence-electron chi connectivity index (χ3n) is 3.99. The van der Waals surface area contributed by atoms with Gasteiger partial charge in [-0.05, 0) is 44.5 Å². The van der Waals surface area contributed by atoms with Gasteiger partial charge in [-0.1, -0.05) is 32.4 Å². The molecule has 0 aliphatic carbocycles. The van der Waals surface area contributed by atoms with Crippen molar-refractivity contribution in [1.82, 2.24) is 10.2 Å². The van der Waals surface area contributed by atoms with Gasteiger partial charge in [-0.3, -0.25) is 0 Å². The second-order valence-corrected chi connectivity index (χ2v) is 5.61. The van der Waals surface area contributed by atoms with E-state index in [-0.39, 0.29) is 6.03 Å². The summed E-state index contributed by atoms with van der Waals surface area (Å²) in [5.41, 5.74) is 2.05. The van der Waals surface area contributed by atoms with Gasteiger partial charge in [-0.25, -0.2) is 4.79 Å². The van der Waals surface area contributed by atoms with Crippen molar-refractivity contribution in [3.05, 3.63) is 29.8 Å². The highest BCUT2D eigenvalue weighted by Crippen LogP contribution is 2.16. The molecule has 2 amide bonds. The number of benzene rings is 1. The average molecular weight is 291 g/mol. The number of hydrogen-bond donors (Lipinski definition) is 2. The Hall–Kier alpha value is -1.55. The largest absolute Gasteiger partial charge is 0.325 e. The lowest BCUT2D eigenvalue weighted by molar-refractivity contribution is 0.205. The lowest BCUT2D eigenvalue weighted by Gasteiger charge is -2.24. The van der Waals surface area contributed by atoms with Gasteiger partial charge in [-0.2, -0.15) is 0 Å². The first-order chi connectivity index (χ1) is 10.0. The molecular formula is C17H29N3O. The van der Waals surface area contributed by atoms with Crippen LogP contribution in [0.1, 0.15) is 45.7 Å². The predicted octanol–water partition coefficient (Wildman–Crippen LogP) is 3.87. The van der Waals surface area contributed by atoms with Crippen molar-refractivity contribution in [3.8, 4) is 0 Å². The summed E-state index contributed by atoms with van der Waals surface area (Å²) in [6.45, 7) is 9.97. The van der Waals surface area contributed by atoms with Crippen LogP contribution in [0.5, 0.6) is 0 Å². The molecule has 2 N–H and O–H groups in total. The van der Waals surface area contributed by atoms with E-state index in [4.69, 9.17) is 0 Å². The fraction of sp³-hybridized carbons (Fsp3) is 0.588. The van der Waals surface area contributed by atoms with Crippen LogP contribution in [0.2, 0.25) is 0 Å². The number of carbonyl (C=O) groups is 1. The second-order valence-electron chi connectivity index (χ2n) is 5.61. The van der Waals surface area contributed by atoms with Gasteiger partial charge in [0.05, 0.1) is 0 Å². The van der Waals surface area contributed by atoms with Crippen molar-refractivity contribution >= 4 is 11.7 Å². The molecule has 21 heavy (non-hydrogen) atoms. The van der Waals surface area contributed by atoms with E-state index in [0.29, 0.717) is 12.0 Å². The highest BCUT2D eigenvalue weighted by molar-refractivity contribution is 5.89. The summed E-state index contributed by atoms with van der Waals surface area (Å²) < 4.78 is 0. The van der Waals surface area contributed by atoms with Crippen LogP contribution in [0.25, 0.3) is 0 Å². The summed E-state index contributed by atoms with van der Waals surface area (Å²) >= 11 is 0. The molecule has 0 fully saturated rings. The predicted molar refractivity (Wildman–Crippen MR) is 89.6 cm³/mol. The summed E-state index contributed by atoms with van der Waals surface area (Å²) in [5, 5.41) is 6.17. The van der Waals surface area contributed by atoms with E-state index < -0.39 is 0 Å². The zero-order valence-electron chi connectivity index (χ0n) is 13.9. The van der Waals surface area contributed by atoms with Crippen LogP contribution >= 0.6 is 0 Å². The summed E-state index contributed by atoms with van der Waals surface area (Å²) in [5.74, 6) is 0.523. The fourth-order valence-electron chi connectivity index (χ4n) is 2.09. The maximum Gasteiger partial charge on any atom is 0.321 e. The first-order valence-corrected chi connectivity index (χ1v) is 7.84.